The fraction of sp³-hybridized carbons (Fsp3) is 0.353. The van der Waals surface area contributed by atoms with Crippen molar-refractivity contribution in [2.24, 2.45) is 0 Å². The molecule has 6 heteroatoms. The fourth-order valence-electron chi connectivity index (χ4n) is 1.93. The Morgan fingerprint density at radius 3 is 2.39 bits per heavy atom. The first-order valence-corrected chi connectivity index (χ1v) is 7.52. The zero-order valence-corrected chi connectivity index (χ0v) is 13.9. The van der Waals surface area contributed by atoms with E-state index in [-0.39, 0.29) is 11.5 Å². The Labute approximate surface area is 136 Å². The standard InChI is InChI=1S/C17H22N4O2/c1-5-23-16(22)12-6-8-13(9-7-12)20-14-10-15(19-11-18-14)21-17(2,3)4/h6-11H,5H2,1-4H3,(H2,18,19,20,21). The van der Waals surface area contributed by atoms with Gasteiger partial charge in [0.25, 0.3) is 0 Å². The van der Waals surface area contributed by atoms with E-state index in [0.29, 0.717) is 18.0 Å². The van der Waals surface area contributed by atoms with Crippen LogP contribution in [0, 0.1) is 0 Å². The lowest BCUT2D eigenvalue weighted by Crippen LogP contribution is -2.26. The molecule has 2 N–H and O–H groups in total. The number of nitrogens with zero attached hydrogens (tertiary/aromatic N) is 2. The molecule has 0 saturated heterocycles. The molecule has 0 aliphatic rings. The van der Waals surface area contributed by atoms with E-state index in [0.717, 1.165) is 11.5 Å². The smallest absolute Gasteiger partial charge is 0.338 e. The molecule has 6 nitrogen and oxygen atoms in total. The Morgan fingerprint density at radius 1 is 1.13 bits per heavy atom. The second-order valence-corrected chi connectivity index (χ2v) is 6.09. The van der Waals surface area contributed by atoms with Crippen LogP contribution in [0.4, 0.5) is 17.3 Å². The first-order valence-electron chi connectivity index (χ1n) is 7.52. The topological polar surface area (TPSA) is 76.1 Å². The summed E-state index contributed by atoms with van der Waals surface area (Å²) in [5.74, 6) is 1.10. The van der Waals surface area contributed by atoms with Crippen molar-refractivity contribution in [1.82, 2.24) is 9.97 Å². The van der Waals surface area contributed by atoms with Crippen LogP contribution in [0.5, 0.6) is 0 Å². The van der Waals surface area contributed by atoms with Gasteiger partial charge in [0.15, 0.2) is 0 Å². The lowest BCUT2D eigenvalue weighted by Gasteiger charge is -2.21. The molecule has 0 spiro atoms. The molecule has 0 amide bonds. The number of esters is 1. The monoisotopic (exact) mass is 314 g/mol. The molecule has 0 bridgehead atoms. The van der Waals surface area contributed by atoms with Gasteiger partial charge in [-0.1, -0.05) is 0 Å². The van der Waals surface area contributed by atoms with Crippen LogP contribution in [0.3, 0.4) is 0 Å². The Bertz CT molecular complexity index is 663. The van der Waals surface area contributed by atoms with E-state index in [1.54, 1.807) is 19.1 Å². The van der Waals surface area contributed by atoms with Crippen molar-refractivity contribution in [2.45, 2.75) is 33.2 Å². The second kappa shape index (κ2) is 7.09. The van der Waals surface area contributed by atoms with Gasteiger partial charge in [-0.25, -0.2) is 14.8 Å². The van der Waals surface area contributed by atoms with Crippen LogP contribution in [0.1, 0.15) is 38.1 Å². The zero-order valence-electron chi connectivity index (χ0n) is 13.9. The van der Waals surface area contributed by atoms with Crippen molar-refractivity contribution >= 4 is 23.3 Å². The molecule has 0 radical (unpaired) electrons. The molecule has 1 aromatic carbocycles. The summed E-state index contributed by atoms with van der Waals surface area (Å²) in [6.45, 7) is 8.35. The number of carbonyl (C=O) groups is 1. The summed E-state index contributed by atoms with van der Waals surface area (Å²) >= 11 is 0. The zero-order chi connectivity index (χ0) is 16.9. The molecular weight excluding hydrogens is 292 g/mol. The van der Waals surface area contributed by atoms with Crippen molar-refractivity contribution in [3.05, 3.63) is 42.2 Å². The highest BCUT2D eigenvalue weighted by Crippen LogP contribution is 2.19. The Morgan fingerprint density at radius 2 is 1.78 bits per heavy atom. The van der Waals surface area contributed by atoms with Gasteiger partial charge in [0.1, 0.15) is 18.0 Å². The third-order valence-corrected chi connectivity index (χ3v) is 2.84. The van der Waals surface area contributed by atoms with Gasteiger partial charge < -0.3 is 15.4 Å². The summed E-state index contributed by atoms with van der Waals surface area (Å²) in [6, 6.07) is 8.90. The SMILES string of the molecule is CCOC(=O)c1ccc(Nc2cc(NC(C)(C)C)ncn2)cc1. The van der Waals surface area contributed by atoms with Crippen molar-refractivity contribution < 1.29 is 9.53 Å². The number of rotatable bonds is 5. The van der Waals surface area contributed by atoms with E-state index >= 15 is 0 Å². The van der Waals surface area contributed by atoms with Crippen molar-refractivity contribution in [3.8, 4) is 0 Å². The maximum atomic E-state index is 11.6. The third-order valence-electron chi connectivity index (χ3n) is 2.84. The van der Waals surface area contributed by atoms with Crippen LogP contribution in [0.25, 0.3) is 0 Å². The van der Waals surface area contributed by atoms with E-state index < -0.39 is 0 Å². The van der Waals surface area contributed by atoms with Crippen molar-refractivity contribution in [3.63, 3.8) is 0 Å². The number of ether oxygens (including phenoxy) is 1. The number of carbonyl (C=O) groups excluding carboxylic acids is 1. The normalized spacial score (nSPS) is 11.0. The molecule has 2 aromatic rings. The van der Waals surface area contributed by atoms with Gasteiger partial charge in [0, 0.05) is 17.3 Å². The molecular formula is C17H22N4O2. The maximum Gasteiger partial charge on any atom is 0.338 e. The first-order chi connectivity index (χ1) is 10.9. The predicted octanol–water partition coefficient (Wildman–Crippen LogP) is 3.61. The van der Waals surface area contributed by atoms with E-state index in [1.165, 1.54) is 6.33 Å². The number of aromatic nitrogens is 2. The highest BCUT2D eigenvalue weighted by Gasteiger charge is 2.11. The van der Waals surface area contributed by atoms with E-state index in [2.05, 4.69) is 41.4 Å². The van der Waals surface area contributed by atoms with Gasteiger partial charge in [0.05, 0.1) is 12.2 Å². The van der Waals surface area contributed by atoms with Gasteiger partial charge in [-0.3, -0.25) is 0 Å². The van der Waals surface area contributed by atoms with Crippen molar-refractivity contribution in [2.75, 3.05) is 17.2 Å². The second-order valence-electron chi connectivity index (χ2n) is 6.09. The Hall–Kier alpha value is -2.63. The molecule has 0 aliphatic carbocycles. The minimum Gasteiger partial charge on any atom is -0.462 e. The number of nitrogens with one attached hydrogen (secondary N) is 2. The van der Waals surface area contributed by atoms with Crippen molar-refractivity contribution in [1.29, 1.82) is 0 Å². The lowest BCUT2D eigenvalue weighted by atomic mass is 10.1. The molecule has 122 valence electrons. The minimum atomic E-state index is -0.322. The van der Waals surface area contributed by atoms with Crippen LogP contribution in [-0.4, -0.2) is 28.1 Å². The summed E-state index contributed by atoms with van der Waals surface area (Å²) in [5, 5.41) is 6.48. The third kappa shape index (κ3) is 5.25. The summed E-state index contributed by atoms with van der Waals surface area (Å²) < 4.78 is 4.96. The summed E-state index contributed by atoms with van der Waals surface area (Å²) in [5.41, 5.74) is 1.28. The molecule has 23 heavy (non-hydrogen) atoms. The average Bonchev–Trinajstić information content (AvgIpc) is 2.47. The fourth-order valence-corrected chi connectivity index (χ4v) is 1.93. The largest absolute Gasteiger partial charge is 0.462 e. The number of anilines is 3. The van der Waals surface area contributed by atoms with Gasteiger partial charge in [-0.2, -0.15) is 0 Å². The van der Waals surface area contributed by atoms with Gasteiger partial charge in [0.2, 0.25) is 0 Å². The number of hydrogen-bond acceptors (Lipinski definition) is 6. The van der Waals surface area contributed by atoms with E-state index in [9.17, 15) is 4.79 Å². The van der Waals surface area contributed by atoms with Gasteiger partial charge in [-0.15, -0.1) is 0 Å². The minimum absolute atomic E-state index is 0.0765. The maximum absolute atomic E-state index is 11.6. The molecule has 2 rings (SSSR count). The molecule has 0 aliphatic heterocycles. The van der Waals surface area contributed by atoms with E-state index in [1.807, 2.05) is 18.2 Å². The number of hydrogen-bond donors (Lipinski definition) is 2. The van der Waals surface area contributed by atoms with Gasteiger partial charge >= 0.3 is 5.97 Å². The molecule has 0 atom stereocenters. The quantitative estimate of drug-likeness (QED) is 0.821. The first kappa shape index (κ1) is 16.7. The molecule has 1 heterocycles. The Balaban J connectivity index is 2.07. The van der Waals surface area contributed by atoms with Crippen LogP contribution in [0.15, 0.2) is 36.7 Å². The summed E-state index contributed by atoms with van der Waals surface area (Å²) in [6.07, 6.45) is 1.50. The number of benzene rings is 1. The van der Waals surface area contributed by atoms with Crippen LogP contribution < -0.4 is 10.6 Å². The van der Waals surface area contributed by atoms with Crippen LogP contribution in [0.2, 0.25) is 0 Å². The molecule has 0 saturated carbocycles. The van der Waals surface area contributed by atoms with Crippen LogP contribution >= 0.6 is 0 Å². The predicted molar refractivity (Wildman–Crippen MR) is 91.1 cm³/mol. The Kier molecular flexibility index (Phi) is 5.16. The highest BCUT2D eigenvalue weighted by atomic mass is 16.5. The lowest BCUT2D eigenvalue weighted by molar-refractivity contribution is 0.0526. The van der Waals surface area contributed by atoms with Crippen LogP contribution in [-0.2, 0) is 4.74 Å². The van der Waals surface area contributed by atoms with E-state index in [4.69, 9.17) is 4.74 Å². The average molecular weight is 314 g/mol. The summed E-state index contributed by atoms with van der Waals surface area (Å²) in [4.78, 5) is 20.0. The summed E-state index contributed by atoms with van der Waals surface area (Å²) in [7, 11) is 0. The molecule has 1 aromatic heterocycles. The molecule has 0 unspecified atom stereocenters. The molecule has 0 fully saturated rings. The highest BCUT2D eigenvalue weighted by molar-refractivity contribution is 5.89. The van der Waals surface area contributed by atoms with Gasteiger partial charge in [-0.05, 0) is 52.0 Å².